The molecule has 1 amide bonds. The molecule has 2 aromatic rings. The minimum atomic E-state index is -1.43. The molecule has 2 heterocycles. The Kier molecular flexibility index (Phi) is 4.44. The number of aromatic amines is 1. The van der Waals surface area contributed by atoms with Gasteiger partial charge in [-0.2, -0.15) is 0 Å². The van der Waals surface area contributed by atoms with Crippen molar-refractivity contribution in [2.24, 2.45) is 0 Å². The molecule has 1 atom stereocenters. The summed E-state index contributed by atoms with van der Waals surface area (Å²) in [5.74, 6) is -6.62. The number of H-pyrrole nitrogens is 1. The lowest BCUT2D eigenvalue weighted by atomic mass is 9.94. The molecule has 25 heavy (non-hydrogen) atoms. The number of hydrogen-bond donors (Lipinski definition) is 1. The minimum absolute atomic E-state index is 0.0498. The Balaban J connectivity index is 1.98. The third-order valence-corrected chi connectivity index (χ3v) is 4.72. The first-order valence-corrected chi connectivity index (χ1v) is 7.95. The van der Waals surface area contributed by atoms with Crippen LogP contribution < -0.4 is 0 Å². The van der Waals surface area contributed by atoms with E-state index in [9.17, 15) is 22.4 Å². The third-order valence-electron chi connectivity index (χ3n) is 4.40. The van der Waals surface area contributed by atoms with Gasteiger partial charge in [0.05, 0.1) is 6.42 Å². The van der Waals surface area contributed by atoms with Crippen LogP contribution in [0.5, 0.6) is 0 Å². The van der Waals surface area contributed by atoms with Crippen molar-refractivity contribution in [3.05, 3.63) is 51.1 Å². The van der Waals surface area contributed by atoms with Crippen LogP contribution in [0.4, 0.5) is 17.6 Å². The van der Waals surface area contributed by atoms with Gasteiger partial charge in [0.15, 0.2) is 28.0 Å². The van der Waals surface area contributed by atoms with Crippen molar-refractivity contribution < 1.29 is 22.4 Å². The highest BCUT2D eigenvalue weighted by Gasteiger charge is 2.33. The van der Waals surface area contributed by atoms with Gasteiger partial charge >= 0.3 is 0 Å². The molecule has 134 valence electrons. The van der Waals surface area contributed by atoms with Gasteiger partial charge < -0.3 is 14.5 Å². The Morgan fingerprint density at radius 2 is 1.88 bits per heavy atom. The second kappa shape index (κ2) is 6.29. The van der Waals surface area contributed by atoms with Crippen LogP contribution >= 0.6 is 12.2 Å². The second-order valence-electron chi connectivity index (χ2n) is 6.21. The quantitative estimate of drug-likeness (QED) is 0.510. The van der Waals surface area contributed by atoms with Crippen molar-refractivity contribution >= 4 is 18.1 Å². The fraction of sp³-hybridized carbons (Fsp3) is 0.375. The number of likely N-dealkylation sites (N-methyl/N-ethyl adjacent to an activating group) is 1. The van der Waals surface area contributed by atoms with Crippen LogP contribution in [0.2, 0.25) is 0 Å². The maximum atomic E-state index is 14.1. The monoisotopic (exact) mass is 373 g/mol. The number of rotatable bonds is 3. The molecule has 0 saturated heterocycles. The highest BCUT2D eigenvalue weighted by atomic mass is 32.1. The SMILES string of the molecule is CN(C)C(=O)Cc1[nH]c(=S)n2c1CC(c1c(F)c(F)cc(F)c1F)C2. The van der Waals surface area contributed by atoms with E-state index in [-0.39, 0.29) is 31.4 Å². The van der Waals surface area contributed by atoms with Crippen molar-refractivity contribution in [2.45, 2.75) is 25.3 Å². The molecule has 1 aromatic heterocycles. The standard InChI is InChI=1S/C16H15F4N3OS/c1-22(2)12(24)5-10-11-3-7(6-23(11)16(25)21-10)13-14(19)8(17)4-9(18)15(13)20/h4,7H,3,5-6H2,1-2H3,(H,21,25). The van der Waals surface area contributed by atoms with Crippen LogP contribution in [0.15, 0.2) is 6.07 Å². The molecular formula is C16H15F4N3OS. The van der Waals surface area contributed by atoms with Crippen LogP contribution in [-0.4, -0.2) is 34.5 Å². The van der Waals surface area contributed by atoms with Gasteiger partial charge in [-0.3, -0.25) is 4.79 Å². The van der Waals surface area contributed by atoms with Crippen LogP contribution in [-0.2, 0) is 24.2 Å². The molecule has 0 spiro atoms. The van der Waals surface area contributed by atoms with E-state index in [0.717, 1.165) is 0 Å². The summed E-state index contributed by atoms with van der Waals surface area (Å²) in [5.41, 5.74) is 0.540. The van der Waals surface area contributed by atoms with Crippen molar-refractivity contribution in [3.8, 4) is 0 Å². The minimum Gasteiger partial charge on any atom is -0.348 e. The Labute approximate surface area is 146 Å². The molecule has 9 heteroatoms. The zero-order valence-electron chi connectivity index (χ0n) is 13.5. The van der Waals surface area contributed by atoms with Crippen molar-refractivity contribution in [1.29, 1.82) is 0 Å². The number of fused-ring (bicyclic) bond motifs is 1. The predicted molar refractivity (Wildman–Crippen MR) is 84.7 cm³/mol. The molecule has 1 unspecified atom stereocenters. The molecule has 1 aliphatic rings. The van der Waals surface area contributed by atoms with Gasteiger partial charge in [-0.25, -0.2) is 17.6 Å². The zero-order chi connectivity index (χ0) is 18.5. The van der Waals surface area contributed by atoms with Gasteiger partial charge in [0, 0.05) is 49.6 Å². The van der Waals surface area contributed by atoms with E-state index in [1.807, 2.05) is 0 Å². The summed E-state index contributed by atoms with van der Waals surface area (Å²) in [6.45, 7) is 0.0809. The van der Waals surface area contributed by atoms with Gasteiger partial charge in [-0.15, -0.1) is 0 Å². The van der Waals surface area contributed by atoms with Crippen molar-refractivity contribution in [1.82, 2.24) is 14.5 Å². The normalized spacial score (nSPS) is 16.2. The Bertz CT molecular complexity index is 893. The number of amides is 1. The fourth-order valence-electron chi connectivity index (χ4n) is 3.10. The number of imidazole rings is 1. The number of benzene rings is 1. The lowest BCUT2D eigenvalue weighted by molar-refractivity contribution is -0.128. The molecule has 0 fully saturated rings. The van der Waals surface area contributed by atoms with Gasteiger partial charge in [0.1, 0.15) is 0 Å². The first kappa shape index (κ1) is 17.7. The first-order valence-electron chi connectivity index (χ1n) is 7.54. The lowest BCUT2D eigenvalue weighted by Crippen LogP contribution is -2.24. The topological polar surface area (TPSA) is 41.0 Å². The number of carbonyl (C=O) groups is 1. The molecule has 0 aliphatic carbocycles. The van der Waals surface area contributed by atoms with Crippen LogP contribution in [0.1, 0.15) is 22.9 Å². The average Bonchev–Trinajstić information content (AvgIpc) is 3.07. The van der Waals surface area contributed by atoms with E-state index >= 15 is 0 Å². The zero-order valence-corrected chi connectivity index (χ0v) is 14.3. The molecule has 1 aliphatic heterocycles. The van der Waals surface area contributed by atoms with E-state index < -0.39 is 34.8 Å². The number of aromatic nitrogens is 2. The maximum absolute atomic E-state index is 14.1. The summed E-state index contributed by atoms with van der Waals surface area (Å²) in [5, 5.41) is 0. The molecule has 0 radical (unpaired) electrons. The summed E-state index contributed by atoms with van der Waals surface area (Å²) in [7, 11) is 3.21. The number of nitrogens with zero attached hydrogens (tertiary/aromatic N) is 2. The molecule has 1 aromatic carbocycles. The predicted octanol–water partition coefficient (Wildman–Crippen LogP) is 3.07. The van der Waals surface area contributed by atoms with Crippen LogP contribution in [0, 0.1) is 28.0 Å². The molecule has 4 nitrogen and oxygen atoms in total. The Morgan fingerprint density at radius 1 is 1.28 bits per heavy atom. The number of carbonyl (C=O) groups excluding carboxylic acids is 1. The summed E-state index contributed by atoms with van der Waals surface area (Å²) in [4.78, 5) is 16.2. The van der Waals surface area contributed by atoms with E-state index in [2.05, 4.69) is 4.98 Å². The highest BCUT2D eigenvalue weighted by molar-refractivity contribution is 7.71. The fourth-order valence-corrected chi connectivity index (χ4v) is 3.41. The van der Waals surface area contributed by atoms with Crippen molar-refractivity contribution in [3.63, 3.8) is 0 Å². The summed E-state index contributed by atoms with van der Waals surface area (Å²) >= 11 is 5.19. The smallest absolute Gasteiger partial charge is 0.228 e. The molecule has 0 bridgehead atoms. The summed E-state index contributed by atoms with van der Waals surface area (Å²) < 4.78 is 57.0. The molecule has 3 rings (SSSR count). The number of hydrogen-bond acceptors (Lipinski definition) is 2. The van der Waals surface area contributed by atoms with E-state index in [1.165, 1.54) is 4.90 Å². The molecule has 0 saturated carbocycles. The highest BCUT2D eigenvalue weighted by Crippen LogP contribution is 2.36. The van der Waals surface area contributed by atoms with E-state index in [0.29, 0.717) is 16.2 Å². The number of nitrogens with one attached hydrogen (secondary N) is 1. The third kappa shape index (κ3) is 2.97. The van der Waals surface area contributed by atoms with E-state index in [1.54, 1.807) is 18.7 Å². The number of halogens is 4. The lowest BCUT2D eigenvalue weighted by Gasteiger charge is -2.13. The molecule has 1 N–H and O–H groups in total. The van der Waals surface area contributed by atoms with Gasteiger partial charge in [0.25, 0.3) is 0 Å². The summed E-state index contributed by atoms with van der Waals surface area (Å²) in [6.07, 6.45) is 0.175. The van der Waals surface area contributed by atoms with Crippen molar-refractivity contribution in [2.75, 3.05) is 14.1 Å². The Hall–Kier alpha value is -2.16. The maximum Gasteiger partial charge on any atom is 0.228 e. The second-order valence-corrected chi connectivity index (χ2v) is 6.60. The van der Waals surface area contributed by atoms with E-state index in [4.69, 9.17) is 12.2 Å². The van der Waals surface area contributed by atoms with Gasteiger partial charge in [0.2, 0.25) is 5.91 Å². The van der Waals surface area contributed by atoms with Crippen LogP contribution in [0.3, 0.4) is 0 Å². The van der Waals surface area contributed by atoms with Crippen LogP contribution in [0.25, 0.3) is 0 Å². The van der Waals surface area contributed by atoms with Gasteiger partial charge in [-0.05, 0) is 18.6 Å². The Morgan fingerprint density at radius 3 is 2.44 bits per heavy atom. The average molecular weight is 373 g/mol. The first-order chi connectivity index (χ1) is 11.7. The molecular weight excluding hydrogens is 358 g/mol. The largest absolute Gasteiger partial charge is 0.348 e. The summed E-state index contributed by atoms with van der Waals surface area (Å²) in [6, 6.07) is 0.191. The van der Waals surface area contributed by atoms with Gasteiger partial charge in [-0.1, -0.05) is 0 Å².